The highest BCUT2D eigenvalue weighted by molar-refractivity contribution is 4.86. The Bertz CT molecular complexity index is 243. The van der Waals surface area contributed by atoms with Gasteiger partial charge in [-0.3, -0.25) is 0 Å². The molecule has 1 aromatic heterocycles. The van der Waals surface area contributed by atoms with Crippen molar-refractivity contribution in [2.24, 2.45) is 5.92 Å². The maximum absolute atomic E-state index is 4.17. The van der Waals surface area contributed by atoms with E-state index < -0.39 is 0 Å². The fourth-order valence-electron chi connectivity index (χ4n) is 1.72. The summed E-state index contributed by atoms with van der Waals surface area (Å²) in [6, 6.07) is 0. The second kappa shape index (κ2) is 4.28. The van der Waals surface area contributed by atoms with Crippen molar-refractivity contribution < 1.29 is 0 Å². The van der Waals surface area contributed by atoms with Crippen LogP contribution in [0.15, 0.2) is 12.4 Å². The number of hydrogen-bond acceptors (Lipinski definition) is 4. The zero-order valence-electron chi connectivity index (χ0n) is 7.61. The largest absolute Gasteiger partial charge is 0.316 e. The van der Waals surface area contributed by atoms with Gasteiger partial charge in [-0.05, 0) is 31.8 Å². The standard InChI is InChI=1S/C9H14N4/c1-2-8(7-10-3-1)6-9-11-4-5-12-13-9/h4-5,8,10H,1-3,6-7H2. The average Bonchev–Trinajstić information content (AvgIpc) is 2.21. The monoisotopic (exact) mass is 178 g/mol. The zero-order valence-corrected chi connectivity index (χ0v) is 7.61. The highest BCUT2D eigenvalue weighted by Crippen LogP contribution is 2.13. The molecule has 0 aromatic carbocycles. The first-order chi connectivity index (χ1) is 6.45. The van der Waals surface area contributed by atoms with Crippen LogP contribution in [0.5, 0.6) is 0 Å². The molecule has 2 rings (SSSR count). The Hall–Kier alpha value is -1.03. The summed E-state index contributed by atoms with van der Waals surface area (Å²) >= 11 is 0. The summed E-state index contributed by atoms with van der Waals surface area (Å²) in [5.41, 5.74) is 0. The van der Waals surface area contributed by atoms with Gasteiger partial charge in [-0.15, -0.1) is 5.10 Å². The summed E-state index contributed by atoms with van der Waals surface area (Å²) in [5, 5.41) is 11.2. The van der Waals surface area contributed by atoms with Crippen molar-refractivity contribution in [2.75, 3.05) is 13.1 Å². The minimum absolute atomic E-state index is 0.693. The summed E-state index contributed by atoms with van der Waals surface area (Å²) < 4.78 is 0. The summed E-state index contributed by atoms with van der Waals surface area (Å²) in [6.07, 6.45) is 6.83. The molecule has 0 saturated carbocycles. The second-order valence-corrected chi connectivity index (χ2v) is 3.48. The first-order valence-electron chi connectivity index (χ1n) is 4.78. The van der Waals surface area contributed by atoms with Gasteiger partial charge in [0.25, 0.3) is 0 Å². The molecule has 1 saturated heterocycles. The normalized spacial score (nSPS) is 22.9. The van der Waals surface area contributed by atoms with Crippen LogP contribution < -0.4 is 5.32 Å². The first-order valence-corrected chi connectivity index (χ1v) is 4.78. The Morgan fingerprint density at radius 2 is 2.46 bits per heavy atom. The van der Waals surface area contributed by atoms with Crippen LogP contribution in [0.3, 0.4) is 0 Å². The van der Waals surface area contributed by atoms with Gasteiger partial charge in [0.1, 0.15) is 0 Å². The molecule has 4 nitrogen and oxygen atoms in total. The minimum atomic E-state index is 0.693. The van der Waals surface area contributed by atoms with E-state index >= 15 is 0 Å². The number of piperidine rings is 1. The molecule has 1 unspecified atom stereocenters. The number of rotatable bonds is 2. The molecular formula is C9H14N4. The highest BCUT2D eigenvalue weighted by Gasteiger charge is 2.14. The lowest BCUT2D eigenvalue weighted by Crippen LogP contribution is -2.31. The average molecular weight is 178 g/mol. The molecule has 70 valence electrons. The highest BCUT2D eigenvalue weighted by atomic mass is 15.1. The summed E-state index contributed by atoms with van der Waals surface area (Å²) in [5.74, 6) is 1.56. The van der Waals surface area contributed by atoms with Gasteiger partial charge in [-0.2, -0.15) is 5.10 Å². The van der Waals surface area contributed by atoms with Gasteiger partial charge < -0.3 is 5.32 Å². The van der Waals surface area contributed by atoms with E-state index in [2.05, 4.69) is 20.5 Å². The maximum atomic E-state index is 4.17. The molecule has 1 aromatic rings. The Morgan fingerprint density at radius 1 is 1.46 bits per heavy atom. The molecule has 1 aliphatic rings. The molecule has 1 aliphatic heterocycles. The lowest BCUT2D eigenvalue weighted by Gasteiger charge is -2.21. The molecule has 0 amide bonds. The van der Waals surface area contributed by atoms with Gasteiger partial charge in [0, 0.05) is 12.6 Å². The molecule has 0 spiro atoms. The Balaban J connectivity index is 1.90. The lowest BCUT2D eigenvalue weighted by atomic mass is 9.96. The molecular weight excluding hydrogens is 164 g/mol. The van der Waals surface area contributed by atoms with Crippen molar-refractivity contribution in [1.82, 2.24) is 20.5 Å². The van der Waals surface area contributed by atoms with Crippen LogP contribution in [0.2, 0.25) is 0 Å². The number of hydrogen-bond donors (Lipinski definition) is 1. The van der Waals surface area contributed by atoms with Crippen LogP contribution in [0, 0.1) is 5.92 Å². The first kappa shape index (κ1) is 8.56. The molecule has 13 heavy (non-hydrogen) atoms. The van der Waals surface area contributed by atoms with Gasteiger partial charge in [-0.1, -0.05) is 0 Å². The van der Waals surface area contributed by atoms with Gasteiger partial charge in [0.05, 0.1) is 6.20 Å². The van der Waals surface area contributed by atoms with Crippen molar-refractivity contribution in [3.8, 4) is 0 Å². The predicted molar refractivity (Wildman–Crippen MR) is 49.1 cm³/mol. The summed E-state index contributed by atoms with van der Waals surface area (Å²) in [4.78, 5) is 4.17. The van der Waals surface area contributed by atoms with Crippen LogP contribution in [0.25, 0.3) is 0 Å². The van der Waals surface area contributed by atoms with Crippen molar-refractivity contribution in [3.63, 3.8) is 0 Å². The molecule has 0 aliphatic carbocycles. The third kappa shape index (κ3) is 2.45. The third-order valence-electron chi connectivity index (χ3n) is 2.40. The van der Waals surface area contributed by atoms with E-state index in [1.807, 2.05) is 0 Å². The van der Waals surface area contributed by atoms with Gasteiger partial charge in [0.2, 0.25) is 0 Å². The predicted octanol–water partition coefficient (Wildman–Crippen LogP) is 0.414. The fraction of sp³-hybridized carbons (Fsp3) is 0.667. The molecule has 2 heterocycles. The van der Waals surface area contributed by atoms with E-state index in [0.717, 1.165) is 25.3 Å². The molecule has 0 bridgehead atoms. The Morgan fingerprint density at radius 3 is 3.15 bits per heavy atom. The second-order valence-electron chi connectivity index (χ2n) is 3.48. The Kier molecular flexibility index (Phi) is 2.82. The topological polar surface area (TPSA) is 50.7 Å². The molecule has 1 atom stereocenters. The van der Waals surface area contributed by atoms with Gasteiger partial charge >= 0.3 is 0 Å². The quantitative estimate of drug-likeness (QED) is 0.712. The van der Waals surface area contributed by atoms with Crippen LogP contribution in [0.1, 0.15) is 18.7 Å². The van der Waals surface area contributed by atoms with E-state index in [9.17, 15) is 0 Å². The number of nitrogens with one attached hydrogen (secondary N) is 1. The van der Waals surface area contributed by atoms with Crippen LogP contribution in [-0.4, -0.2) is 28.3 Å². The summed E-state index contributed by atoms with van der Waals surface area (Å²) in [6.45, 7) is 2.25. The van der Waals surface area contributed by atoms with Crippen molar-refractivity contribution in [2.45, 2.75) is 19.3 Å². The lowest BCUT2D eigenvalue weighted by molar-refractivity contribution is 0.369. The third-order valence-corrected chi connectivity index (χ3v) is 2.40. The fourth-order valence-corrected chi connectivity index (χ4v) is 1.72. The summed E-state index contributed by atoms with van der Waals surface area (Å²) in [7, 11) is 0. The van der Waals surface area contributed by atoms with Crippen molar-refractivity contribution >= 4 is 0 Å². The van der Waals surface area contributed by atoms with Crippen molar-refractivity contribution in [3.05, 3.63) is 18.2 Å². The number of nitrogens with zero attached hydrogens (tertiary/aromatic N) is 3. The van der Waals surface area contributed by atoms with E-state index in [1.165, 1.54) is 12.8 Å². The van der Waals surface area contributed by atoms with E-state index in [4.69, 9.17) is 0 Å². The van der Waals surface area contributed by atoms with Crippen LogP contribution in [0.4, 0.5) is 0 Å². The molecule has 1 N–H and O–H groups in total. The maximum Gasteiger partial charge on any atom is 0.151 e. The van der Waals surface area contributed by atoms with Crippen LogP contribution >= 0.6 is 0 Å². The molecule has 4 heteroatoms. The van der Waals surface area contributed by atoms with Crippen molar-refractivity contribution in [1.29, 1.82) is 0 Å². The molecule has 1 fully saturated rings. The van der Waals surface area contributed by atoms with E-state index in [0.29, 0.717) is 5.92 Å². The minimum Gasteiger partial charge on any atom is -0.316 e. The van der Waals surface area contributed by atoms with E-state index in [1.54, 1.807) is 12.4 Å². The zero-order chi connectivity index (χ0) is 8.93. The van der Waals surface area contributed by atoms with Gasteiger partial charge in [0.15, 0.2) is 5.82 Å². The Labute approximate surface area is 77.8 Å². The van der Waals surface area contributed by atoms with Crippen LogP contribution in [-0.2, 0) is 6.42 Å². The van der Waals surface area contributed by atoms with Gasteiger partial charge in [-0.25, -0.2) is 4.98 Å². The molecule has 0 radical (unpaired) electrons. The SMILES string of the molecule is c1cnc(CC2CCCNC2)nn1. The smallest absolute Gasteiger partial charge is 0.151 e. The van der Waals surface area contributed by atoms with E-state index in [-0.39, 0.29) is 0 Å². The number of aromatic nitrogens is 3.